The Hall–Kier alpha value is -1.58. The average molecular weight is 285 g/mol. The van der Waals surface area contributed by atoms with E-state index >= 15 is 0 Å². The molecule has 7 nitrogen and oxygen atoms in total. The summed E-state index contributed by atoms with van der Waals surface area (Å²) in [5.74, 6) is -0.0427. The highest BCUT2D eigenvalue weighted by Gasteiger charge is 2.17. The highest BCUT2D eigenvalue weighted by molar-refractivity contribution is 7.92. The molecule has 2 aromatic heterocycles. The van der Waals surface area contributed by atoms with Crippen LogP contribution in [-0.4, -0.2) is 30.6 Å². The van der Waals surface area contributed by atoms with Crippen LogP contribution in [0, 0.1) is 0 Å². The summed E-state index contributed by atoms with van der Waals surface area (Å²) >= 11 is 1.37. The highest BCUT2D eigenvalue weighted by atomic mass is 32.2. The molecule has 9 heteroatoms. The maximum absolute atomic E-state index is 12.0. The number of hydrogen-bond donors (Lipinski definition) is 2. The largest absolute Gasteiger partial charge is 0.315 e. The second kappa shape index (κ2) is 5.38. The van der Waals surface area contributed by atoms with Crippen molar-refractivity contribution < 1.29 is 8.42 Å². The van der Waals surface area contributed by atoms with Gasteiger partial charge in [-0.25, -0.2) is 18.1 Å². The van der Waals surface area contributed by atoms with Crippen molar-refractivity contribution in [3.05, 3.63) is 28.7 Å². The molecule has 0 radical (unpaired) electrons. The van der Waals surface area contributed by atoms with Crippen molar-refractivity contribution in [1.29, 1.82) is 0 Å². The van der Waals surface area contributed by atoms with Gasteiger partial charge in [-0.05, 0) is 13.1 Å². The maximum atomic E-state index is 12.0. The molecule has 0 atom stereocenters. The summed E-state index contributed by atoms with van der Waals surface area (Å²) in [6.45, 7) is 0.629. The fraction of sp³-hybridized carbons (Fsp3) is 0.222. The number of nitrogens with one attached hydrogen (secondary N) is 2. The zero-order chi connectivity index (χ0) is 13.0. The van der Waals surface area contributed by atoms with Crippen molar-refractivity contribution in [2.45, 2.75) is 11.4 Å². The van der Waals surface area contributed by atoms with E-state index in [0.717, 1.165) is 4.88 Å². The van der Waals surface area contributed by atoms with Crippen LogP contribution >= 0.6 is 11.3 Å². The summed E-state index contributed by atoms with van der Waals surface area (Å²) in [6, 6.07) is 1.61. The van der Waals surface area contributed by atoms with Gasteiger partial charge in [0.05, 0.1) is 17.3 Å². The first kappa shape index (κ1) is 12.9. The van der Waals surface area contributed by atoms with Crippen LogP contribution < -0.4 is 10.0 Å². The van der Waals surface area contributed by atoms with Crippen molar-refractivity contribution in [3.63, 3.8) is 0 Å². The molecule has 96 valence electrons. The average Bonchev–Trinajstić information content (AvgIpc) is 2.80. The standard InChI is InChI=1S/C9H11N5O2S2/c1-10-5-7-4-8(6-17-7)18(15,16)14-9-11-2-3-12-13-9/h2-4,6,10H,5H2,1H3,(H,11,13,14). The Morgan fingerprint density at radius 3 is 2.89 bits per heavy atom. The zero-order valence-electron chi connectivity index (χ0n) is 9.49. The summed E-state index contributed by atoms with van der Waals surface area (Å²) < 4.78 is 26.2. The zero-order valence-corrected chi connectivity index (χ0v) is 11.1. The van der Waals surface area contributed by atoms with Crippen LogP contribution in [0.3, 0.4) is 0 Å². The quantitative estimate of drug-likeness (QED) is 0.828. The summed E-state index contributed by atoms with van der Waals surface area (Å²) in [5, 5.41) is 11.7. The molecule has 2 aromatic rings. The van der Waals surface area contributed by atoms with E-state index in [0.29, 0.717) is 6.54 Å². The molecular weight excluding hydrogens is 274 g/mol. The van der Waals surface area contributed by atoms with E-state index in [4.69, 9.17) is 0 Å². The van der Waals surface area contributed by atoms with Crippen LogP contribution in [0.25, 0.3) is 0 Å². The van der Waals surface area contributed by atoms with Gasteiger partial charge >= 0.3 is 0 Å². The van der Waals surface area contributed by atoms with E-state index < -0.39 is 10.0 Å². The highest BCUT2D eigenvalue weighted by Crippen LogP contribution is 2.20. The first-order chi connectivity index (χ1) is 8.62. The Labute approximate surface area is 108 Å². The van der Waals surface area contributed by atoms with E-state index in [9.17, 15) is 8.42 Å². The smallest absolute Gasteiger partial charge is 0.265 e. The predicted octanol–water partition coefficient (Wildman–Crippen LogP) is 0.453. The maximum Gasteiger partial charge on any atom is 0.265 e. The summed E-state index contributed by atoms with van der Waals surface area (Å²) in [4.78, 5) is 4.89. The lowest BCUT2D eigenvalue weighted by atomic mass is 10.5. The Morgan fingerprint density at radius 2 is 2.22 bits per heavy atom. The van der Waals surface area contributed by atoms with Gasteiger partial charge in [-0.1, -0.05) is 0 Å². The third kappa shape index (κ3) is 3.00. The summed E-state index contributed by atoms with van der Waals surface area (Å²) in [7, 11) is -1.84. The first-order valence-electron chi connectivity index (χ1n) is 5.00. The van der Waals surface area contributed by atoms with Gasteiger partial charge in [0, 0.05) is 16.8 Å². The second-order valence-corrected chi connectivity index (χ2v) is 6.03. The number of thiophene rings is 1. The molecule has 18 heavy (non-hydrogen) atoms. The van der Waals surface area contributed by atoms with Crippen LogP contribution in [0.4, 0.5) is 5.95 Å². The topological polar surface area (TPSA) is 96.9 Å². The van der Waals surface area contributed by atoms with E-state index in [1.165, 1.54) is 23.7 Å². The van der Waals surface area contributed by atoms with E-state index in [1.54, 1.807) is 18.5 Å². The molecule has 0 aliphatic heterocycles. The lowest BCUT2D eigenvalue weighted by molar-refractivity contribution is 0.601. The third-order valence-electron chi connectivity index (χ3n) is 2.00. The number of nitrogens with zero attached hydrogens (tertiary/aromatic N) is 3. The van der Waals surface area contributed by atoms with Gasteiger partial charge in [-0.15, -0.1) is 16.4 Å². The van der Waals surface area contributed by atoms with Gasteiger partial charge in [0.1, 0.15) is 0 Å². The molecule has 0 spiro atoms. The van der Waals surface area contributed by atoms with Crippen LogP contribution in [-0.2, 0) is 16.6 Å². The molecule has 0 unspecified atom stereocenters. The number of aromatic nitrogens is 3. The first-order valence-corrected chi connectivity index (χ1v) is 7.36. The van der Waals surface area contributed by atoms with Gasteiger partial charge in [0.2, 0.25) is 0 Å². The van der Waals surface area contributed by atoms with Crippen LogP contribution in [0.2, 0.25) is 0 Å². The molecular formula is C9H11N5O2S2. The lowest BCUT2D eigenvalue weighted by Gasteiger charge is -2.02. The Kier molecular flexibility index (Phi) is 3.84. The number of sulfonamides is 1. The summed E-state index contributed by atoms with van der Waals surface area (Å²) in [6.07, 6.45) is 2.73. The molecule has 2 rings (SSSR count). The minimum atomic E-state index is -3.64. The molecule has 0 aliphatic carbocycles. The van der Waals surface area contributed by atoms with Crippen molar-refractivity contribution in [2.24, 2.45) is 0 Å². The van der Waals surface area contributed by atoms with E-state index in [1.807, 2.05) is 0 Å². The van der Waals surface area contributed by atoms with Crippen LogP contribution in [0.15, 0.2) is 28.7 Å². The van der Waals surface area contributed by atoms with Crippen LogP contribution in [0.1, 0.15) is 4.88 Å². The molecule has 0 aliphatic rings. The lowest BCUT2D eigenvalue weighted by Crippen LogP contribution is -2.14. The molecule has 0 saturated heterocycles. The normalized spacial score (nSPS) is 11.4. The monoisotopic (exact) mass is 285 g/mol. The Bertz CT molecular complexity index is 611. The minimum absolute atomic E-state index is 0.0427. The van der Waals surface area contributed by atoms with Crippen molar-refractivity contribution in [1.82, 2.24) is 20.5 Å². The Morgan fingerprint density at radius 1 is 1.39 bits per heavy atom. The number of hydrogen-bond acceptors (Lipinski definition) is 7. The fourth-order valence-electron chi connectivity index (χ4n) is 1.24. The molecule has 2 N–H and O–H groups in total. The van der Waals surface area contributed by atoms with Gasteiger partial charge in [-0.2, -0.15) is 5.10 Å². The van der Waals surface area contributed by atoms with E-state index in [2.05, 4.69) is 25.2 Å². The third-order valence-corrected chi connectivity index (χ3v) is 4.39. The van der Waals surface area contributed by atoms with Gasteiger partial charge in [0.25, 0.3) is 16.0 Å². The predicted molar refractivity (Wildman–Crippen MR) is 67.7 cm³/mol. The van der Waals surface area contributed by atoms with E-state index in [-0.39, 0.29) is 10.8 Å². The molecule has 0 saturated carbocycles. The van der Waals surface area contributed by atoms with Gasteiger partial charge in [0.15, 0.2) is 0 Å². The Balaban J connectivity index is 2.20. The fourth-order valence-corrected chi connectivity index (χ4v) is 3.47. The molecule has 2 heterocycles. The SMILES string of the molecule is CNCc1cc(S(=O)(=O)Nc2nccnn2)cs1. The number of anilines is 1. The molecule has 0 amide bonds. The van der Waals surface area contributed by atoms with Gasteiger partial charge in [-0.3, -0.25) is 0 Å². The molecule has 0 bridgehead atoms. The number of rotatable bonds is 5. The second-order valence-electron chi connectivity index (χ2n) is 3.35. The molecule has 0 aromatic carbocycles. The minimum Gasteiger partial charge on any atom is -0.315 e. The van der Waals surface area contributed by atoms with Crippen molar-refractivity contribution in [3.8, 4) is 0 Å². The molecule has 0 fully saturated rings. The van der Waals surface area contributed by atoms with Gasteiger partial charge < -0.3 is 5.32 Å². The summed E-state index contributed by atoms with van der Waals surface area (Å²) in [5.41, 5.74) is 0. The van der Waals surface area contributed by atoms with Crippen molar-refractivity contribution in [2.75, 3.05) is 11.8 Å². The van der Waals surface area contributed by atoms with Crippen molar-refractivity contribution >= 4 is 27.3 Å². The van der Waals surface area contributed by atoms with Crippen LogP contribution in [0.5, 0.6) is 0 Å².